The van der Waals surface area contributed by atoms with E-state index in [1.54, 1.807) is 0 Å². The Morgan fingerprint density at radius 2 is 1.68 bits per heavy atom. The van der Waals surface area contributed by atoms with E-state index < -0.39 is 0 Å². The van der Waals surface area contributed by atoms with Crippen molar-refractivity contribution in [2.75, 3.05) is 5.43 Å². The summed E-state index contributed by atoms with van der Waals surface area (Å²) in [5, 5.41) is 6.90. The average Bonchev–Trinajstić information content (AvgIpc) is 3.03. The standard InChI is InChI=1S/C16H15N5O/c22-15(20-18-13-9-5-2-6-10-13)11-14-17-16(21-19-14)12-7-3-1-4-8-12/h1-10,18H,11H2,(H,20,22)(H,17,19,21). The largest absolute Gasteiger partial charge is 0.299 e. The van der Waals surface area contributed by atoms with Crippen molar-refractivity contribution in [1.29, 1.82) is 0 Å². The third kappa shape index (κ3) is 3.49. The van der Waals surface area contributed by atoms with Crippen LogP contribution in [-0.4, -0.2) is 21.1 Å². The molecule has 0 spiro atoms. The van der Waals surface area contributed by atoms with Gasteiger partial charge in [-0.05, 0) is 12.1 Å². The number of hydrogen-bond acceptors (Lipinski definition) is 4. The molecule has 2 aromatic carbocycles. The van der Waals surface area contributed by atoms with Gasteiger partial charge in [-0.1, -0.05) is 48.5 Å². The van der Waals surface area contributed by atoms with E-state index in [4.69, 9.17) is 0 Å². The fraction of sp³-hybridized carbons (Fsp3) is 0.0625. The molecule has 22 heavy (non-hydrogen) atoms. The van der Waals surface area contributed by atoms with Gasteiger partial charge in [-0.25, -0.2) is 4.98 Å². The lowest BCUT2D eigenvalue weighted by molar-refractivity contribution is -0.120. The van der Waals surface area contributed by atoms with Gasteiger partial charge in [-0.15, -0.1) is 0 Å². The molecule has 3 rings (SSSR count). The molecule has 0 aliphatic heterocycles. The molecule has 1 aromatic heterocycles. The summed E-state index contributed by atoms with van der Waals surface area (Å²) >= 11 is 0. The summed E-state index contributed by atoms with van der Waals surface area (Å²) in [6.07, 6.45) is 0.125. The molecule has 0 aliphatic rings. The number of hydrazine groups is 1. The molecule has 1 amide bonds. The summed E-state index contributed by atoms with van der Waals surface area (Å²) in [4.78, 5) is 16.2. The molecule has 0 unspecified atom stereocenters. The number of benzene rings is 2. The van der Waals surface area contributed by atoms with Crippen molar-refractivity contribution in [2.45, 2.75) is 6.42 Å². The lowest BCUT2D eigenvalue weighted by Crippen LogP contribution is -2.30. The topological polar surface area (TPSA) is 82.7 Å². The van der Waals surface area contributed by atoms with Gasteiger partial charge < -0.3 is 0 Å². The number of anilines is 1. The lowest BCUT2D eigenvalue weighted by Gasteiger charge is -2.06. The molecule has 0 aliphatic carbocycles. The molecule has 0 saturated carbocycles. The zero-order valence-electron chi connectivity index (χ0n) is 11.8. The minimum Gasteiger partial charge on any atom is -0.299 e. The maximum Gasteiger partial charge on any atom is 0.245 e. The fourth-order valence-corrected chi connectivity index (χ4v) is 1.95. The van der Waals surface area contributed by atoms with Gasteiger partial charge >= 0.3 is 0 Å². The van der Waals surface area contributed by atoms with Crippen LogP contribution in [-0.2, 0) is 11.2 Å². The number of amides is 1. The Hall–Kier alpha value is -3.15. The van der Waals surface area contributed by atoms with Crippen molar-refractivity contribution in [3.63, 3.8) is 0 Å². The van der Waals surface area contributed by atoms with E-state index in [9.17, 15) is 4.79 Å². The number of nitrogens with one attached hydrogen (secondary N) is 3. The molecule has 0 saturated heterocycles. The molecular formula is C16H15N5O. The van der Waals surface area contributed by atoms with Gasteiger partial charge in [0.1, 0.15) is 5.82 Å². The highest BCUT2D eigenvalue weighted by atomic mass is 16.2. The van der Waals surface area contributed by atoms with E-state index in [1.165, 1.54) is 0 Å². The zero-order chi connectivity index (χ0) is 15.2. The van der Waals surface area contributed by atoms with Crippen LogP contribution in [0.15, 0.2) is 60.7 Å². The summed E-state index contributed by atoms with van der Waals surface area (Å²) in [5.41, 5.74) is 7.19. The van der Waals surface area contributed by atoms with E-state index >= 15 is 0 Å². The van der Waals surface area contributed by atoms with Crippen LogP contribution in [0.5, 0.6) is 0 Å². The van der Waals surface area contributed by atoms with E-state index in [0.29, 0.717) is 11.6 Å². The van der Waals surface area contributed by atoms with Gasteiger partial charge in [-0.2, -0.15) is 5.10 Å². The Labute approximate surface area is 127 Å². The highest BCUT2D eigenvalue weighted by molar-refractivity contribution is 5.79. The second kappa shape index (κ2) is 6.53. The van der Waals surface area contributed by atoms with Crippen molar-refractivity contribution in [3.8, 4) is 11.4 Å². The average molecular weight is 293 g/mol. The second-order valence-electron chi connectivity index (χ2n) is 4.69. The molecule has 6 heteroatoms. The Morgan fingerprint density at radius 3 is 2.41 bits per heavy atom. The molecular weight excluding hydrogens is 278 g/mol. The number of hydrogen-bond donors (Lipinski definition) is 3. The molecule has 3 N–H and O–H groups in total. The van der Waals surface area contributed by atoms with Crippen molar-refractivity contribution < 1.29 is 4.79 Å². The third-order valence-electron chi connectivity index (χ3n) is 3.01. The van der Waals surface area contributed by atoms with Crippen molar-refractivity contribution in [3.05, 3.63) is 66.5 Å². The Morgan fingerprint density at radius 1 is 1.00 bits per heavy atom. The molecule has 0 fully saturated rings. The van der Waals surface area contributed by atoms with Gasteiger partial charge in [-0.3, -0.25) is 20.7 Å². The predicted octanol–water partition coefficient (Wildman–Crippen LogP) is 2.16. The third-order valence-corrected chi connectivity index (χ3v) is 3.01. The number of aromatic nitrogens is 3. The van der Waals surface area contributed by atoms with Gasteiger partial charge in [0.05, 0.1) is 12.1 Å². The fourth-order valence-electron chi connectivity index (χ4n) is 1.95. The van der Waals surface area contributed by atoms with E-state index in [-0.39, 0.29) is 12.3 Å². The Bertz CT molecular complexity index is 739. The molecule has 0 radical (unpaired) electrons. The minimum atomic E-state index is -0.195. The molecule has 3 aromatic rings. The summed E-state index contributed by atoms with van der Waals surface area (Å²) in [5.74, 6) is 0.908. The number of rotatable bonds is 5. The molecule has 0 bridgehead atoms. The molecule has 0 atom stereocenters. The van der Waals surface area contributed by atoms with Gasteiger partial charge in [0.25, 0.3) is 0 Å². The molecule has 6 nitrogen and oxygen atoms in total. The van der Waals surface area contributed by atoms with Crippen LogP contribution in [0, 0.1) is 0 Å². The first-order valence-electron chi connectivity index (χ1n) is 6.88. The normalized spacial score (nSPS) is 10.2. The summed E-state index contributed by atoms with van der Waals surface area (Å²) in [6, 6.07) is 19.0. The number of nitrogens with zero attached hydrogens (tertiary/aromatic N) is 2. The number of carbonyl (C=O) groups excluding carboxylic acids is 1. The van der Waals surface area contributed by atoms with E-state index in [0.717, 1.165) is 11.3 Å². The van der Waals surface area contributed by atoms with Crippen LogP contribution in [0.4, 0.5) is 5.69 Å². The van der Waals surface area contributed by atoms with Crippen LogP contribution in [0.1, 0.15) is 5.82 Å². The van der Waals surface area contributed by atoms with Crippen molar-refractivity contribution in [2.24, 2.45) is 0 Å². The van der Waals surface area contributed by atoms with Gasteiger partial charge in [0, 0.05) is 5.56 Å². The summed E-state index contributed by atoms with van der Waals surface area (Å²) in [7, 11) is 0. The Kier molecular flexibility index (Phi) is 4.10. The predicted molar refractivity (Wildman–Crippen MR) is 83.7 cm³/mol. The van der Waals surface area contributed by atoms with Crippen LogP contribution < -0.4 is 10.9 Å². The summed E-state index contributed by atoms with van der Waals surface area (Å²) in [6.45, 7) is 0. The maximum atomic E-state index is 11.9. The van der Waals surface area contributed by atoms with Crippen LogP contribution in [0.25, 0.3) is 11.4 Å². The number of H-pyrrole nitrogens is 1. The quantitative estimate of drug-likeness (QED) is 0.630. The van der Waals surface area contributed by atoms with Crippen LogP contribution in [0.2, 0.25) is 0 Å². The number of aromatic amines is 1. The van der Waals surface area contributed by atoms with Crippen LogP contribution in [0.3, 0.4) is 0 Å². The highest BCUT2D eigenvalue weighted by Crippen LogP contribution is 2.13. The highest BCUT2D eigenvalue weighted by Gasteiger charge is 2.09. The van der Waals surface area contributed by atoms with Crippen molar-refractivity contribution >= 4 is 11.6 Å². The first kappa shape index (κ1) is 13.8. The minimum absolute atomic E-state index is 0.125. The maximum absolute atomic E-state index is 11.9. The monoisotopic (exact) mass is 293 g/mol. The van der Waals surface area contributed by atoms with Crippen molar-refractivity contribution in [1.82, 2.24) is 20.6 Å². The van der Waals surface area contributed by atoms with Crippen LogP contribution >= 0.6 is 0 Å². The molecule has 1 heterocycles. The van der Waals surface area contributed by atoms with E-state index in [1.807, 2.05) is 60.7 Å². The van der Waals surface area contributed by atoms with Gasteiger partial charge in [0.2, 0.25) is 5.91 Å². The summed E-state index contributed by atoms with van der Waals surface area (Å²) < 4.78 is 0. The number of para-hydroxylation sites is 1. The first-order valence-corrected chi connectivity index (χ1v) is 6.88. The Balaban J connectivity index is 1.57. The SMILES string of the molecule is O=C(Cc1nc(-c2ccccc2)n[nH]1)NNc1ccccc1. The second-order valence-corrected chi connectivity index (χ2v) is 4.69. The zero-order valence-corrected chi connectivity index (χ0v) is 11.8. The molecule has 110 valence electrons. The first-order chi connectivity index (χ1) is 10.8. The van der Waals surface area contributed by atoms with Gasteiger partial charge in [0.15, 0.2) is 5.82 Å². The smallest absolute Gasteiger partial charge is 0.245 e. The van der Waals surface area contributed by atoms with E-state index in [2.05, 4.69) is 26.0 Å². The lowest BCUT2D eigenvalue weighted by atomic mass is 10.2. The number of carbonyl (C=O) groups is 1.